The Morgan fingerprint density at radius 1 is 1.25 bits per heavy atom. The van der Waals surface area contributed by atoms with Crippen molar-refractivity contribution in [3.05, 3.63) is 24.0 Å². The molecule has 4 aliphatic carbocycles. The molecule has 4 bridgehead atoms. The van der Waals surface area contributed by atoms with Gasteiger partial charge in [0.05, 0.1) is 11.3 Å². The molecule has 1 aliphatic heterocycles. The van der Waals surface area contributed by atoms with Crippen molar-refractivity contribution in [3.63, 3.8) is 0 Å². The molecule has 28 heavy (non-hydrogen) atoms. The molecule has 0 aromatic carbocycles. The predicted molar refractivity (Wildman–Crippen MR) is 109 cm³/mol. The van der Waals surface area contributed by atoms with Crippen molar-refractivity contribution in [2.75, 3.05) is 0 Å². The van der Waals surface area contributed by atoms with Gasteiger partial charge < -0.3 is 20.0 Å². The van der Waals surface area contributed by atoms with Crippen LogP contribution >= 0.6 is 0 Å². The van der Waals surface area contributed by atoms with Gasteiger partial charge in [0.2, 0.25) is 0 Å². The number of H-pyrrole nitrogens is 1. The van der Waals surface area contributed by atoms with Crippen molar-refractivity contribution < 1.29 is 10.1 Å². The van der Waals surface area contributed by atoms with E-state index in [1.807, 2.05) is 17.3 Å². The summed E-state index contributed by atoms with van der Waals surface area (Å²) in [7, 11) is -0.772. The molecule has 4 saturated carbocycles. The summed E-state index contributed by atoms with van der Waals surface area (Å²) in [6.07, 6.45) is 8.89. The quantitative estimate of drug-likeness (QED) is 0.697. The number of aromatic amines is 1. The molecule has 0 amide bonds. The molecular weight excluding hydrogens is 351 g/mol. The molecule has 3 heterocycles. The lowest BCUT2D eigenvalue weighted by Crippen LogP contribution is -2.60. The number of hydrogen-bond acceptors (Lipinski definition) is 5. The van der Waals surface area contributed by atoms with Gasteiger partial charge in [-0.3, -0.25) is 0 Å². The number of hydrogen-bond donors (Lipinski definition) is 3. The monoisotopic (exact) mass is 378 g/mol. The van der Waals surface area contributed by atoms with E-state index in [1.54, 1.807) is 0 Å². The van der Waals surface area contributed by atoms with E-state index in [-0.39, 0.29) is 6.04 Å². The zero-order valence-corrected chi connectivity index (χ0v) is 16.5. The molecule has 7 rings (SSSR count). The standard InChI is InChI=1S/C21H27BN4O2/c1-11(2)26-22(28)16-10-24-20-15(3-4-23-20)18(16)19(25-26)17-13-5-12-6-14(17)9-21(27,7-12)8-13/h3-4,10-14,17,27-28H,5-9H2,1-2H3,(H,23,24)/t12-,13-,14+,17+,21-. The van der Waals surface area contributed by atoms with Crippen molar-refractivity contribution in [3.8, 4) is 0 Å². The van der Waals surface area contributed by atoms with Gasteiger partial charge in [0.1, 0.15) is 5.65 Å². The molecule has 2 aromatic rings. The zero-order chi connectivity index (χ0) is 19.2. The number of pyridine rings is 1. The highest BCUT2D eigenvalue weighted by atomic mass is 16.3. The zero-order valence-electron chi connectivity index (χ0n) is 16.5. The average molecular weight is 378 g/mol. The van der Waals surface area contributed by atoms with Crippen LogP contribution in [-0.2, 0) is 0 Å². The SMILES string of the molecule is CC(C)N1N=C([C@H]2[C@@H]3C[C@@H]4C[C@H]2C[C@@](O)(C4)C3)c2c(cnc3[nH]ccc23)B1O. The van der Waals surface area contributed by atoms with Crippen molar-refractivity contribution in [2.24, 2.45) is 28.8 Å². The summed E-state index contributed by atoms with van der Waals surface area (Å²) in [5.74, 6) is 1.98. The van der Waals surface area contributed by atoms with Crippen LogP contribution in [0.3, 0.4) is 0 Å². The molecule has 0 radical (unpaired) electrons. The van der Waals surface area contributed by atoms with E-state index in [1.165, 1.54) is 12.8 Å². The minimum Gasteiger partial charge on any atom is -0.428 e. The van der Waals surface area contributed by atoms with Crippen LogP contribution in [0.5, 0.6) is 0 Å². The molecule has 3 N–H and O–H groups in total. The Morgan fingerprint density at radius 3 is 2.68 bits per heavy atom. The molecule has 5 atom stereocenters. The third-order valence-corrected chi connectivity index (χ3v) is 7.71. The van der Waals surface area contributed by atoms with Crippen LogP contribution in [0.15, 0.2) is 23.6 Å². The first-order valence-electron chi connectivity index (χ1n) is 10.7. The number of nitrogens with zero attached hydrogens (tertiary/aromatic N) is 3. The van der Waals surface area contributed by atoms with Gasteiger partial charge in [-0.15, -0.1) is 0 Å². The van der Waals surface area contributed by atoms with Crippen LogP contribution in [0.4, 0.5) is 0 Å². The first-order chi connectivity index (χ1) is 13.4. The third-order valence-electron chi connectivity index (χ3n) is 7.71. The van der Waals surface area contributed by atoms with E-state index < -0.39 is 12.7 Å². The van der Waals surface area contributed by atoms with Crippen LogP contribution in [0.25, 0.3) is 11.0 Å². The second kappa shape index (κ2) is 5.60. The Bertz CT molecular complexity index is 970. The second-order valence-electron chi connectivity index (χ2n) is 9.88. The molecule has 0 unspecified atom stereocenters. The van der Waals surface area contributed by atoms with E-state index >= 15 is 0 Å². The van der Waals surface area contributed by atoms with Crippen LogP contribution < -0.4 is 5.46 Å². The van der Waals surface area contributed by atoms with Gasteiger partial charge in [-0.25, -0.2) is 4.98 Å². The summed E-state index contributed by atoms with van der Waals surface area (Å²) < 4.78 is 0. The number of nitrogens with one attached hydrogen (secondary N) is 1. The number of hydrazone groups is 1. The number of aromatic nitrogens is 2. The molecular formula is C21H27BN4O2. The van der Waals surface area contributed by atoms with Gasteiger partial charge in [0, 0.05) is 40.8 Å². The molecule has 5 aliphatic rings. The Morgan fingerprint density at radius 2 is 2.00 bits per heavy atom. The minimum absolute atomic E-state index is 0.0982. The minimum atomic E-state index is -0.772. The van der Waals surface area contributed by atoms with Gasteiger partial charge >= 0.3 is 7.05 Å². The second-order valence-corrected chi connectivity index (χ2v) is 9.88. The lowest BCUT2D eigenvalue weighted by molar-refractivity contribution is -0.138. The van der Waals surface area contributed by atoms with Crippen LogP contribution in [0.2, 0.25) is 0 Å². The molecule has 146 valence electrons. The molecule has 4 fully saturated rings. The predicted octanol–water partition coefficient (Wildman–Crippen LogP) is 1.87. The Labute approximate surface area is 165 Å². The molecule has 0 saturated heterocycles. The topological polar surface area (TPSA) is 84.7 Å². The Kier molecular flexibility index (Phi) is 3.41. The normalized spacial score (nSPS) is 36.4. The maximum Gasteiger partial charge on any atom is 0.468 e. The Hall–Kier alpha value is -1.86. The van der Waals surface area contributed by atoms with Gasteiger partial charge in [-0.1, -0.05) is 0 Å². The summed E-state index contributed by atoms with van der Waals surface area (Å²) in [5.41, 5.74) is 3.43. The fraction of sp³-hybridized carbons (Fsp3) is 0.619. The maximum absolute atomic E-state index is 11.0. The van der Waals surface area contributed by atoms with Crippen LogP contribution in [0.1, 0.15) is 51.5 Å². The molecule has 6 nitrogen and oxygen atoms in total. The lowest BCUT2D eigenvalue weighted by Gasteiger charge is -2.58. The first-order valence-corrected chi connectivity index (χ1v) is 10.7. The van der Waals surface area contributed by atoms with Crippen molar-refractivity contribution in [1.82, 2.24) is 14.9 Å². The van der Waals surface area contributed by atoms with Gasteiger partial charge in [0.15, 0.2) is 0 Å². The average Bonchev–Trinajstić information content (AvgIpc) is 3.10. The highest BCUT2D eigenvalue weighted by Crippen LogP contribution is 2.59. The Balaban J connectivity index is 1.54. The number of aliphatic hydroxyl groups is 1. The van der Waals surface area contributed by atoms with E-state index in [0.717, 1.165) is 47.0 Å². The fourth-order valence-corrected chi connectivity index (χ4v) is 6.94. The van der Waals surface area contributed by atoms with E-state index in [0.29, 0.717) is 23.7 Å². The third kappa shape index (κ3) is 2.23. The van der Waals surface area contributed by atoms with Crippen LogP contribution in [-0.4, -0.2) is 49.4 Å². The van der Waals surface area contributed by atoms with Crippen molar-refractivity contribution in [2.45, 2.75) is 57.6 Å². The largest absolute Gasteiger partial charge is 0.468 e. The van der Waals surface area contributed by atoms with Gasteiger partial charge in [0.25, 0.3) is 0 Å². The highest BCUT2D eigenvalue weighted by molar-refractivity contribution is 6.66. The van der Waals surface area contributed by atoms with E-state index in [9.17, 15) is 10.1 Å². The number of fused-ring (bicyclic) bond motifs is 3. The highest BCUT2D eigenvalue weighted by Gasteiger charge is 2.57. The van der Waals surface area contributed by atoms with Crippen LogP contribution in [0, 0.1) is 23.7 Å². The first kappa shape index (κ1) is 17.0. The van der Waals surface area contributed by atoms with Crippen molar-refractivity contribution in [1.29, 1.82) is 0 Å². The summed E-state index contributed by atoms with van der Waals surface area (Å²) in [4.78, 5) is 9.59. The summed E-state index contributed by atoms with van der Waals surface area (Å²) in [5, 5.41) is 28.2. The van der Waals surface area contributed by atoms with E-state index in [4.69, 9.17) is 5.10 Å². The summed E-state index contributed by atoms with van der Waals surface area (Å²) >= 11 is 0. The fourth-order valence-electron chi connectivity index (χ4n) is 6.94. The molecule has 2 aromatic heterocycles. The molecule has 7 heteroatoms. The van der Waals surface area contributed by atoms with Gasteiger partial charge in [-0.2, -0.15) is 5.10 Å². The summed E-state index contributed by atoms with van der Waals surface area (Å²) in [6.45, 7) is 4.13. The maximum atomic E-state index is 11.0. The summed E-state index contributed by atoms with van der Waals surface area (Å²) in [6, 6.07) is 2.15. The number of rotatable bonds is 2. The smallest absolute Gasteiger partial charge is 0.428 e. The lowest BCUT2D eigenvalue weighted by atomic mass is 9.48. The van der Waals surface area contributed by atoms with Crippen molar-refractivity contribution >= 4 is 29.3 Å². The molecule has 0 spiro atoms. The van der Waals surface area contributed by atoms with E-state index in [2.05, 4.69) is 29.9 Å². The van der Waals surface area contributed by atoms with Gasteiger partial charge in [-0.05, 0) is 69.8 Å².